The van der Waals surface area contributed by atoms with E-state index >= 15 is 0 Å². The first-order valence-corrected chi connectivity index (χ1v) is 6.01. The van der Waals surface area contributed by atoms with Crippen molar-refractivity contribution in [2.45, 2.75) is 13.8 Å². The largest absolute Gasteiger partial charge is 0.461 e. The van der Waals surface area contributed by atoms with E-state index in [4.69, 9.17) is 4.74 Å². The summed E-state index contributed by atoms with van der Waals surface area (Å²) in [5, 5.41) is 17.4. The molecule has 0 aliphatic carbocycles. The zero-order chi connectivity index (χ0) is 14.7. The summed E-state index contributed by atoms with van der Waals surface area (Å²) in [4.78, 5) is 22.0. The molecule has 0 aliphatic heterocycles. The van der Waals surface area contributed by atoms with Gasteiger partial charge in [-0.2, -0.15) is 5.10 Å². The van der Waals surface area contributed by atoms with Crippen molar-refractivity contribution in [1.29, 1.82) is 0 Å². The first kappa shape index (κ1) is 13.7. The molecule has 0 bridgehead atoms. The topological polar surface area (TPSA) is 98.1 Å². The number of ether oxygens (including phenoxy) is 1. The van der Waals surface area contributed by atoms with Crippen LogP contribution >= 0.6 is 0 Å². The van der Waals surface area contributed by atoms with Gasteiger partial charge in [0.2, 0.25) is 0 Å². The molecule has 0 fully saturated rings. The molecule has 0 amide bonds. The summed E-state index contributed by atoms with van der Waals surface area (Å²) in [6, 6.07) is 6.30. The molecule has 20 heavy (non-hydrogen) atoms. The zero-order valence-electron chi connectivity index (χ0n) is 11.0. The highest BCUT2D eigenvalue weighted by atomic mass is 16.6. The van der Waals surface area contributed by atoms with Gasteiger partial charge in [0.15, 0.2) is 0 Å². The summed E-state index contributed by atoms with van der Waals surface area (Å²) in [6.07, 6.45) is 0. The maximum absolute atomic E-state index is 11.5. The number of nitrogens with zero attached hydrogens (tertiary/aromatic N) is 2. The second-order valence-corrected chi connectivity index (χ2v) is 4.15. The van der Waals surface area contributed by atoms with Crippen LogP contribution in [0.25, 0.3) is 11.3 Å². The van der Waals surface area contributed by atoms with Gasteiger partial charge in [-0.3, -0.25) is 15.2 Å². The lowest BCUT2D eigenvalue weighted by molar-refractivity contribution is -0.385. The fourth-order valence-electron chi connectivity index (χ4n) is 1.75. The molecular weight excluding hydrogens is 262 g/mol. The average molecular weight is 275 g/mol. The number of carbonyl (C=O) groups is 1. The van der Waals surface area contributed by atoms with Gasteiger partial charge in [0.05, 0.1) is 17.2 Å². The van der Waals surface area contributed by atoms with Gasteiger partial charge in [-0.25, -0.2) is 4.79 Å². The molecule has 0 unspecified atom stereocenters. The Kier molecular flexibility index (Phi) is 3.79. The van der Waals surface area contributed by atoms with Crippen molar-refractivity contribution in [3.05, 3.63) is 45.6 Å². The van der Waals surface area contributed by atoms with Crippen molar-refractivity contribution >= 4 is 11.7 Å². The second kappa shape index (κ2) is 5.52. The van der Waals surface area contributed by atoms with Gasteiger partial charge in [-0.05, 0) is 19.9 Å². The maximum atomic E-state index is 11.5. The molecule has 2 aromatic rings. The molecule has 0 saturated heterocycles. The van der Waals surface area contributed by atoms with E-state index in [-0.39, 0.29) is 18.0 Å². The number of nitro groups is 1. The number of aryl methyl sites for hydroxylation is 1. The monoisotopic (exact) mass is 275 g/mol. The van der Waals surface area contributed by atoms with Crippen LogP contribution in [0.4, 0.5) is 5.69 Å². The highest BCUT2D eigenvalue weighted by molar-refractivity contribution is 5.88. The molecule has 1 aromatic carbocycles. The minimum Gasteiger partial charge on any atom is -0.461 e. The number of esters is 1. The first-order chi connectivity index (χ1) is 9.52. The van der Waals surface area contributed by atoms with E-state index in [2.05, 4.69) is 10.2 Å². The van der Waals surface area contributed by atoms with Gasteiger partial charge in [0.1, 0.15) is 5.69 Å². The van der Waals surface area contributed by atoms with Gasteiger partial charge in [0.25, 0.3) is 5.69 Å². The third kappa shape index (κ3) is 2.66. The summed E-state index contributed by atoms with van der Waals surface area (Å²) < 4.78 is 4.84. The van der Waals surface area contributed by atoms with Crippen molar-refractivity contribution in [3.8, 4) is 11.3 Å². The zero-order valence-corrected chi connectivity index (χ0v) is 11.0. The molecule has 0 atom stereocenters. The van der Waals surface area contributed by atoms with E-state index in [9.17, 15) is 14.9 Å². The molecule has 1 heterocycles. The number of hydrogen-bond acceptors (Lipinski definition) is 5. The number of aromatic nitrogens is 2. The lowest BCUT2D eigenvalue weighted by Crippen LogP contribution is -2.04. The quantitative estimate of drug-likeness (QED) is 0.525. The second-order valence-electron chi connectivity index (χ2n) is 4.15. The Hall–Kier alpha value is -2.70. The Morgan fingerprint density at radius 3 is 2.85 bits per heavy atom. The fraction of sp³-hybridized carbons (Fsp3) is 0.231. The maximum Gasteiger partial charge on any atom is 0.356 e. The molecule has 1 N–H and O–H groups in total. The van der Waals surface area contributed by atoms with Gasteiger partial charge in [-0.15, -0.1) is 0 Å². The van der Waals surface area contributed by atoms with Crippen LogP contribution in [0.3, 0.4) is 0 Å². The Labute approximate surface area is 114 Å². The Bertz CT molecular complexity index is 663. The summed E-state index contributed by atoms with van der Waals surface area (Å²) in [5.41, 5.74) is 1.82. The summed E-state index contributed by atoms with van der Waals surface area (Å²) in [6.45, 7) is 3.64. The van der Waals surface area contributed by atoms with E-state index in [0.29, 0.717) is 16.8 Å². The van der Waals surface area contributed by atoms with Crippen LogP contribution in [0.5, 0.6) is 0 Å². The molecule has 104 valence electrons. The molecule has 2 rings (SSSR count). The first-order valence-electron chi connectivity index (χ1n) is 6.01. The van der Waals surface area contributed by atoms with Crippen LogP contribution in [-0.4, -0.2) is 27.7 Å². The molecule has 7 heteroatoms. The van der Waals surface area contributed by atoms with E-state index < -0.39 is 10.9 Å². The predicted molar refractivity (Wildman–Crippen MR) is 71.4 cm³/mol. The fourth-order valence-corrected chi connectivity index (χ4v) is 1.75. The van der Waals surface area contributed by atoms with Gasteiger partial charge >= 0.3 is 5.97 Å². The number of nitro benzene ring substituents is 1. The smallest absolute Gasteiger partial charge is 0.356 e. The Morgan fingerprint density at radius 1 is 1.45 bits per heavy atom. The van der Waals surface area contributed by atoms with Crippen molar-refractivity contribution in [2.75, 3.05) is 6.61 Å². The molecule has 7 nitrogen and oxygen atoms in total. The number of benzene rings is 1. The Morgan fingerprint density at radius 2 is 2.20 bits per heavy atom. The number of hydrogen-bond donors (Lipinski definition) is 1. The van der Waals surface area contributed by atoms with Crippen LogP contribution in [0.1, 0.15) is 23.0 Å². The standard InChI is InChI=1S/C13H13N3O4/c1-3-20-13(17)11-7-10(14-15-11)9-5-4-8(2)12(6-9)16(18)19/h4-7H,3H2,1-2H3,(H,14,15). The van der Waals surface area contributed by atoms with E-state index in [1.54, 1.807) is 26.0 Å². The van der Waals surface area contributed by atoms with Crippen LogP contribution in [0.15, 0.2) is 24.3 Å². The van der Waals surface area contributed by atoms with E-state index in [0.717, 1.165) is 0 Å². The number of rotatable bonds is 4. The highest BCUT2D eigenvalue weighted by Crippen LogP contribution is 2.26. The van der Waals surface area contributed by atoms with Gasteiger partial charge in [0, 0.05) is 17.2 Å². The minimum absolute atomic E-state index is 0.0168. The van der Waals surface area contributed by atoms with Crippen LogP contribution < -0.4 is 0 Å². The third-order valence-electron chi connectivity index (χ3n) is 2.77. The highest BCUT2D eigenvalue weighted by Gasteiger charge is 2.15. The van der Waals surface area contributed by atoms with Crippen molar-refractivity contribution in [2.24, 2.45) is 0 Å². The van der Waals surface area contributed by atoms with Crippen LogP contribution in [0, 0.1) is 17.0 Å². The number of carbonyl (C=O) groups excluding carboxylic acids is 1. The minimum atomic E-state index is -0.507. The summed E-state index contributed by atoms with van der Waals surface area (Å²) >= 11 is 0. The molecule has 0 radical (unpaired) electrons. The van der Waals surface area contributed by atoms with Gasteiger partial charge < -0.3 is 4.74 Å². The van der Waals surface area contributed by atoms with Crippen molar-refractivity contribution < 1.29 is 14.5 Å². The lowest BCUT2D eigenvalue weighted by Gasteiger charge is -2.00. The van der Waals surface area contributed by atoms with E-state index in [1.165, 1.54) is 12.1 Å². The lowest BCUT2D eigenvalue weighted by atomic mass is 10.1. The molecule has 0 aliphatic rings. The van der Waals surface area contributed by atoms with Crippen LogP contribution in [0.2, 0.25) is 0 Å². The normalized spacial score (nSPS) is 10.3. The van der Waals surface area contributed by atoms with Crippen LogP contribution in [-0.2, 0) is 4.74 Å². The number of H-pyrrole nitrogens is 1. The van der Waals surface area contributed by atoms with Gasteiger partial charge in [-0.1, -0.05) is 12.1 Å². The third-order valence-corrected chi connectivity index (χ3v) is 2.77. The molecule has 0 spiro atoms. The average Bonchev–Trinajstić information content (AvgIpc) is 2.89. The number of aromatic amines is 1. The molecule has 0 saturated carbocycles. The number of nitrogens with one attached hydrogen (secondary N) is 1. The Balaban J connectivity index is 2.35. The van der Waals surface area contributed by atoms with E-state index in [1.807, 2.05) is 0 Å². The summed E-state index contributed by atoms with van der Waals surface area (Å²) in [7, 11) is 0. The van der Waals surface area contributed by atoms with Crippen molar-refractivity contribution in [1.82, 2.24) is 10.2 Å². The molecule has 1 aromatic heterocycles. The van der Waals surface area contributed by atoms with Crippen molar-refractivity contribution in [3.63, 3.8) is 0 Å². The molecular formula is C13H13N3O4. The SMILES string of the molecule is CCOC(=O)c1cc(-c2ccc(C)c([N+](=O)[O-])c2)n[nH]1. The summed E-state index contributed by atoms with van der Waals surface area (Å²) in [5.74, 6) is -0.507. The predicted octanol–water partition coefficient (Wildman–Crippen LogP) is 2.47.